The van der Waals surface area contributed by atoms with Gasteiger partial charge in [0.05, 0.1) is 0 Å². The second kappa shape index (κ2) is 6.97. The zero-order chi connectivity index (χ0) is 14.8. The van der Waals surface area contributed by atoms with E-state index in [0.29, 0.717) is 12.1 Å². The molecular weight excluding hydrogens is 258 g/mol. The Morgan fingerprint density at radius 3 is 2.10 bits per heavy atom. The van der Waals surface area contributed by atoms with Crippen LogP contribution in [0.5, 0.6) is 0 Å². The fourth-order valence-corrected chi connectivity index (χ4v) is 4.93. The molecule has 3 nitrogen and oxygen atoms in total. The first-order chi connectivity index (χ1) is 10.1. The number of hydrogen-bond acceptors (Lipinski definition) is 3. The summed E-state index contributed by atoms with van der Waals surface area (Å²) in [5.74, 6) is 1.71. The number of nitrogens with zero attached hydrogens (tertiary/aromatic N) is 2. The van der Waals surface area contributed by atoms with Crippen molar-refractivity contribution in [3.8, 4) is 0 Å². The molecule has 0 amide bonds. The molecule has 122 valence electrons. The van der Waals surface area contributed by atoms with Gasteiger partial charge in [0.1, 0.15) is 0 Å². The fourth-order valence-electron chi connectivity index (χ4n) is 4.93. The molecule has 3 heteroatoms. The summed E-state index contributed by atoms with van der Waals surface area (Å²) >= 11 is 0. The number of rotatable bonds is 3. The summed E-state index contributed by atoms with van der Waals surface area (Å²) in [5, 5.41) is 0. The topological polar surface area (TPSA) is 32.5 Å². The molecule has 2 N–H and O–H groups in total. The van der Waals surface area contributed by atoms with E-state index in [1.165, 1.54) is 71.1 Å². The minimum atomic E-state index is 0.415. The first kappa shape index (κ1) is 15.8. The van der Waals surface area contributed by atoms with Crippen LogP contribution < -0.4 is 5.73 Å². The van der Waals surface area contributed by atoms with E-state index in [9.17, 15) is 0 Å². The molecule has 3 aliphatic rings. The minimum Gasteiger partial charge on any atom is -0.326 e. The van der Waals surface area contributed by atoms with Crippen molar-refractivity contribution in [1.82, 2.24) is 9.80 Å². The van der Waals surface area contributed by atoms with E-state index >= 15 is 0 Å². The average Bonchev–Trinajstić information content (AvgIpc) is 3.02. The Labute approximate surface area is 131 Å². The smallest absolute Gasteiger partial charge is 0.0251 e. The molecule has 0 spiro atoms. The highest BCUT2D eigenvalue weighted by molar-refractivity contribution is 4.93. The van der Waals surface area contributed by atoms with E-state index in [1.54, 1.807) is 0 Å². The predicted octanol–water partition coefficient (Wildman–Crippen LogP) is 2.70. The van der Waals surface area contributed by atoms with Gasteiger partial charge in [-0.25, -0.2) is 0 Å². The van der Waals surface area contributed by atoms with Crippen LogP contribution >= 0.6 is 0 Å². The van der Waals surface area contributed by atoms with Crippen LogP contribution in [0.4, 0.5) is 0 Å². The van der Waals surface area contributed by atoms with Crippen LogP contribution in [0.2, 0.25) is 0 Å². The molecule has 1 aliphatic heterocycles. The van der Waals surface area contributed by atoms with Crippen molar-refractivity contribution in [3.05, 3.63) is 0 Å². The zero-order valence-corrected chi connectivity index (χ0v) is 14.1. The van der Waals surface area contributed by atoms with Crippen molar-refractivity contribution < 1.29 is 0 Å². The van der Waals surface area contributed by atoms with Gasteiger partial charge < -0.3 is 5.73 Å². The predicted molar refractivity (Wildman–Crippen MR) is 89.3 cm³/mol. The van der Waals surface area contributed by atoms with Crippen molar-refractivity contribution in [1.29, 1.82) is 0 Å². The summed E-state index contributed by atoms with van der Waals surface area (Å²) in [5.41, 5.74) is 6.47. The van der Waals surface area contributed by atoms with Gasteiger partial charge in [0.2, 0.25) is 0 Å². The molecular formula is C18H35N3. The van der Waals surface area contributed by atoms with Gasteiger partial charge in [0, 0.05) is 44.3 Å². The van der Waals surface area contributed by atoms with Gasteiger partial charge in [0.15, 0.2) is 0 Å². The Morgan fingerprint density at radius 1 is 0.857 bits per heavy atom. The molecule has 3 rings (SSSR count). The molecule has 0 aromatic rings. The lowest BCUT2D eigenvalue weighted by molar-refractivity contribution is 0.0349. The maximum absolute atomic E-state index is 6.47. The summed E-state index contributed by atoms with van der Waals surface area (Å²) in [6, 6.07) is 1.96. The van der Waals surface area contributed by atoms with E-state index in [4.69, 9.17) is 5.73 Å². The Morgan fingerprint density at radius 2 is 1.48 bits per heavy atom. The summed E-state index contributed by atoms with van der Waals surface area (Å²) in [6.45, 7) is 9.83. The van der Waals surface area contributed by atoms with Crippen molar-refractivity contribution in [3.63, 3.8) is 0 Å². The average molecular weight is 293 g/mol. The highest BCUT2D eigenvalue weighted by atomic mass is 15.3. The van der Waals surface area contributed by atoms with Crippen LogP contribution in [0.3, 0.4) is 0 Å². The minimum absolute atomic E-state index is 0.415. The third kappa shape index (κ3) is 3.62. The first-order valence-corrected chi connectivity index (χ1v) is 9.39. The lowest BCUT2D eigenvalue weighted by atomic mass is 9.76. The van der Waals surface area contributed by atoms with Crippen molar-refractivity contribution >= 4 is 0 Å². The van der Waals surface area contributed by atoms with Gasteiger partial charge in [-0.15, -0.1) is 0 Å². The van der Waals surface area contributed by atoms with Crippen molar-refractivity contribution in [2.45, 2.75) is 76.9 Å². The monoisotopic (exact) mass is 293 g/mol. The molecule has 21 heavy (non-hydrogen) atoms. The molecule has 0 aromatic heterocycles. The van der Waals surface area contributed by atoms with E-state index in [1.807, 2.05) is 0 Å². The molecule has 3 unspecified atom stereocenters. The molecule has 1 heterocycles. The van der Waals surface area contributed by atoms with Crippen LogP contribution in [0, 0.1) is 11.8 Å². The molecule has 2 saturated carbocycles. The Balaban J connectivity index is 1.52. The standard InChI is InChI=1S/C18H35N3/c1-14(2)15-7-8-17(19)18(13-15)21-11-9-20(10-12-21)16-5-3-4-6-16/h14-18H,3-13,19H2,1-2H3. The second-order valence-electron chi connectivity index (χ2n) is 8.06. The number of nitrogens with two attached hydrogens (primary N) is 1. The van der Waals surface area contributed by atoms with Crippen LogP contribution in [-0.2, 0) is 0 Å². The van der Waals surface area contributed by atoms with Gasteiger partial charge in [-0.05, 0) is 43.9 Å². The van der Waals surface area contributed by atoms with Crippen LogP contribution in [0.1, 0.15) is 58.8 Å². The quantitative estimate of drug-likeness (QED) is 0.868. The van der Waals surface area contributed by atoms with Crippen LogP contribution in [0.15, 0.2) is 0 Å². The third-order valence-electron chi connectivity index (χ3n) is 6.51. The summed E-state index contributed by atoms with van der Waals surface area (Å²) in [7, 11) is 0. The largest absolute Gasteiger partial charge is 0.326 e. The molecule has 2 aliphatic carbocycles. The maximum atomic E-state index is 6.47. The number of hydrogen-bond donors (Lipinski definition) is 1. The fraction of sp³-hybridized carbons (Fsp3) is 1.00. The third-order valence-corrected chi connectivity index (χ3v) is 6.51. The summed E-state index contributed by atoms with van der Waals surface area (Å²) in [4.78, 5) is 5.49. The SMILES string of the molecule is CC(C)C1CCC(N)C(N2CCN(C3CCCC3)CC2)C1. The van der Waals surface area contributed by atoms with Gasteiger partial charge in [-0.2, -0.15) is 0 Å². The van der Waals surface area contributed by atoms with E-state index in [-0.39, 0.29) is 0 Å². The van der Waals surface area contributed by atoms with Crippen LogP contribution in [-0.4, -0.2) is 54.1 Å². The maximum Gasteiger partial charge on any atom is 0.0251 e. The molecule has 3 fully saturated rings. The zero-order valence-electron chi connectivity index (χ0n) is 14.1. The second-order valence-corrected chi connectivity index (χ2v) is 8.06. The molecule has 0 aromatic carbocycles. The Bertz CT molecular complexity index is 316. The molecule has 3 atom stereocenters. The highest BCUT2D eigenvalue weighted by Gasteiger charge is 2.35. The van der Waals surface area contributed by atoms with Gasteiger partial charge in [-0.1, -0.05) is 26.7 Å². The molecule has 0 bridgehead atoms. The Kier molecular flexibility index (Phi) is 5.23. The van der Waals surface area contributed by atoms with Gasteiger partial charge in [-0.3, -0.25) is 9.80 Å². The lowest BCUT2D eigenvalue weighted by Crippen LogP contribution is -2.58. The van der Waals surface area contributed by atoms with Crippen LogP contribution in [0.25, 0.3) is 0 Å². The van der Waals surface area contributed by atoms with Crippen molar-refractivity contribution in [2.75, 3.05) is 26.2 Å². The highest BCUT2D eigenvalue weighted by Crippen LogP contribution is 2.33. The lowest BCUT2D eigenvalue weighted by Gasteiger charge is -2.46. The molecule has 1 saturated heterocycles. The number of piperazine rings is 1. The van der Waals surface area contributed by atoms with E-state index < -0.39 is 0 Å². The first-order valence-electron chi connectivity index (χ1n) is 9.39. The van der Waals surface area contributed by atoms with Gasteiger partial charge >= 0.3 is 0 Å². The normalized spacial score (nSPS) is 37.4. The Hall–Kier alpha value is -0.120. The van der Waals surface area contributed by atoms with Crippen molar-refractivity contribution in [2.24, 2.45) is 17.6 Å². The molecule has 0 radical (unpaired) electrons. The summed E-state index contributed by atoms with van der Waals surface area (Å²) < 4.78 is 0. The summed E-state index contributed by atoms with van der Waals surface area (Å²) in [6.07, 6.45) is 9.70. The van der Waals surface area contributed by atoms with Gasteiger partial charge in [0.25, 0.3) is 0 Å². The van der Waals surface area contributed by atoms with E-state index in [2.05, 4.69) is 23.6 Å². The van der Waals surface area contributed by atoms with E-state index in [0.717, 1.165) is 17.9 Å².